The number of unbranched alkanes of at least 4 members (excludes halogenated alkanes) is 2. The monoisotopic (exact) mass is 493 g/mol. The average Bonchev–Trinajstić information content (AvgIpc) is 2.86. The van der Waals surface area contributed by atoms with Gasteiger partial charge in [-0.25, -0.2) is 0 Å². The average molecular weight is 494 g/mol. The fourth-order valence-electron chi connectivity index (χ4n) is 3.78. The molecule has 0 radical (unpaired) electrons. The lowest BCUT2D eigenvalue weighted by molar-refractivity contribution is -0.133. The Morgan fingerprint density at radius 2 is 1.29 bits per heavy atom. The fourth-order valence-corrected chi connectivity index (χ4v) is 4.20. The predicted molar refractivity (Wildman–Crippen MR) is 151 cm³/mol. The highest BCUT2D eigenvalue weighted by Crippen LogP contribution is 2.19. The van der Waals surface area contributed by atoms with Crippen LogP contribution < -0.4 is 4.90 Å². The summed E-state index contributed by atoms with van der Waals surface area (Å²) in [4.78, 5) is 30.6. The number of carbonyl (C=O) groups excluding carboxylic acids is 2. The highest BCUT2D eigenvalue weighted by Gasteiger charge is 2.37. The van der Waals surface area contributed by atoms with Gasteiger partial charge in [-0.05, 0) is 62.7 Å². The summed E-state index contributed by atoms with van der Waals surface area (Å²) in [5.41, 5.74) is 2.56. The van der Waals surface area contributed by atoms with Gasteiger partial charge in [-0.15, -0.1) is 0 Å². The topological polar surface area (TPSA) is 43.9 Å². The molecule has 1 fully saturated rings. The third-order valence-corrected chi connectivity index (χ3v) is 6.30. The molecule has 6 heteroatoms. The first-order valence-electron chi connectivity index (χ1n) is 12.7. The third kappa shape index (κ3) is 8.03. The van der Waals surface area contributed by atoms with E-state index in [4.69, 9.17) is 12.2 Å². The molecule has 2 amide bonds. The number of likely N-dealkylation sites (N-methyl/N-ethyl adjacent to an activating group) is 2. The highest BCUT2D eigenvalue weighted by molar-refractivity contribution is 7.80. The Morgan fingerprint density at radius 3 is 1.80 bits per heavy atom. The van der Waals surface area contributed by atoms with Crippen molar-refractivity contribution >= 4 is 40.9 Å². The minimum atomic E-state index is -0.341. The summed E-state index contributed by atoms with van der Waals surface area (Å²) in [7, 11) is 0. The van der Waals surface area contributed by atoms with Crippen LogP contribution in [0.3, 0.4) is 0 Å². The van der Waals surface area contributed by atoms with E-state index in [1.807, 2.05) is 32.1 Å². The normalized spacial score (nSPS) is 14.9. The van der Waals surface area contributed by atoms with E-state index in [9.17, 15) is 9.59 Å². The van der Waals surface area contributed by atoms with Crippen LogP contribution in [0.2, 0.25) is 0 Å². The van der Waals surface area contributed by atoms with E-state index in [0.29, 0.717) is 13.1 Å². The van der Waals surface area contributed by atoms with Gasteiger partial charge >= 0.3 is 0 Å². The highest BCUT2D eigenvalue weighted by atomic mass is 32.1. The molecule has 0 saturated carbocycles. The van der Waals surface area contributed by atoms with Crippen LogP contribution in [0.15, 0.2) is 66.3 Å². The maximum Gasteiger partial charge on any atom is 0.265 e. The molecule has 1 aromatic carbocycles. The predicted octanol–water partition coefficient (Wildman–Crippen LogP) is 6.14. The molecule has 1 aromatic rings. The van der Waals surface area contributed by atoms with Gasteiger partial charge in [-0.1, -0.05) is 75.3 Å². The van der Waals surface area contributed by atoms with Crippen LogP contribution in [0.4, 0.5) is 5.69 Å². The van der Waals surface area contributed by atoms with Crippen LogP contribution in [0.1, 0.15) is 58.9 Å². The van der Waals surface area contributed by atoms with Gasteiger partial charge in [0.05, 0.1) is 0 Å². The number of hydrogen-bond donors (Lipinski definition) is 0. The summed E-state index contributed by atoms with van der Waals surface area (Å²) in [5, 5.41) is 0.277. The van der Waals surface area contributed by atoms with Crippen LogP contribution in [-0.4, -0.2) is 52.9 Å². The maximum atomic E-state index is 12.6. The van der Waals surface area contributed by atoms with Crippen molar-refractivity contribution in [2.75, 3.05) is 31.1 Å². The van der Waals surface area contributed by atoms with Crippen LogP contribution in [0, 0.1) is 0 Å². The number of benzene rings is 1. The van der Waals surface area contributed by atoms with Crippen molar-refractivity contribution in [2.45, 2.75) is 53.4 Å². The van der Waals surface area contributed by atoms with E-state index in [1.54, 1.807) is 18.2 Å². The van der Waals surface area contributed by atoms with Crippen molar-refractivity contribution in [3.63, 3.8) is 0 Å². The Bertz CT molecular complexity index is 940. The number of hydrogen-bond acceptors (Lipinski definition) is 4. The molecular formula is C29H39N3O2S. The van der Waals surface area contributed by atoms with Crippen LogP contribution in [0.25, 0.3) is 6.08 Å². The molecule has 1 saturated heterocycles. The van der Waals surface area contributed by atoms with E-state index in [-0.39, 0.29) is 22.5 Å². The molecule has 188 valence electrons. The Labute approximate surface area is 216 Å². The van der Waals surface area contributed by atoms with Gasteiger partial charge in [0, 0.05) is 31.9 Å². The molecule has 0 N–H and O–H groups in total. The lowest BCUT2D eigenvalue weighted by Gasteiger charge is -2.35. The van der Waals surface area contributed by atoms with Gasteiger partial charge in [-0.3, -0.25) is 19.4 Å². The van der Waals surface area contributed by atoms with Gasteiger partial charge in [0.1, 0.15) is 5.57 Å². The zero-order valence-corrected chi connectivity index (χ0v) is 22.4. The molecule has 0 aromatic heterocycles. The second kappa shape index (κ2) is 15.1. The van der Waals surface area contributed by atoms with Crippen molar-refractivity contribution in [1.29, 1.82) is 0 Å². The smallest absolute Gasteiger partial charge is 0.265 e. The van der Waals surface area contributed by atoms with Crippen molar-refractivity contribution in [1.82, 2.24) is 9.80 Å². The number of thiocarbonyl (C=S) groups is 1. The second-order valence-corrected chi connectivity index (χ2v) is 8.74. The Balaban J connectivity index is 1.97. The van der Waals surface area contributed by atoms with E-state index in [1.165, 1.54) is 41.2 Å². The first-order valence-corrected chi connectivity index (χ1v) is 13.1. The number of allylic oxidation sites excluding steroid dienone is 6. The fraction of sp³-hybridized carbons (Fsp3) is 0.414. The van der Waals surface area contributed by atoms with Crippen molar-refractivity contribution in [3.8, 4) is 0 Å². The van der Waals surface area contributed by atoms with E-state index in [2.05, 4.69) is 49.1 Å². The molecule has 0 unspecified atom stereocenters. The molecule has 0 aliphatic carbocycles. The number of carbonyl (C=O) groups is 2. The lowest BCUT2D eigenvalue weighted by atomic mass is 10.1. The zero-order valence-electron chi connectivity index (χ0n) is 21.6. The first kappa shape index (κ1) is 28.2. The minimum absolute atomic E-state index is 0.134. The third-order valence-electron chi connectivity index (χ3n) is 5.86. The van der Waals surface area contributed by atoms with Gasteiger partial charge in [0.2, 0.25) is 0 Å². The molecule has 1 aliphatic rings. The number of rotatable bonds is 13. The molecule has 0 bridgehead atoms. The van der Waals surface area contributed by atoms with Crippen molar-refractivity contribution in [2.24, 2.45) is 0 Å². The lowest BCUT2D eigenvalue weighted by Crippen LogP contribution is -2.55. The summed E-state index contributed by atoms with van der Waals surface area (Å²) in [5.74, 6) is -0.681. The first-order chi connectivity index (χ1) is 17.0. The summed E-state index contributed by atoms with van der Waals surface area (Å²) >= 11 is 5.27. The molecule has 1 aliphatic heterocycles. The molecule has 1 heterocycles. The second-order valence-electron chi connectivity index (χ2n) is 8.38. The van der Waals surface area contributed by atoms with Crippen molar-refractivity contribution in [3.05, 3.63) is 71.9 Å². The summed E-state index contributed by atoms with van der Waals surface area (Å²) in [6.45, 7) is 11.2. The van der Waals surface area contributed by atoms with E-state index >= 15 is 0 Å². The largest absolute Gasteiger partial charge is 0.372 e. The summed E-state index contributed by atoms with van der Waals surface area (Å²) in [6.07, 6.45) is 17.7. The van der Waals surface area contributed by atoms with Gasteiger partial charge in [0.25, 0.3) is 11.8 Å². The summed E-state index contributed by atoms with van der Waals surface area (Å²) in [6, 6.07) is 8.69. The molecule has 2 rings (SSSR count). The van der Waals surface area contributed by atoms with Crippen LogP contribution in [0.5, 0.6) is 0 Å². The molecule has 0 spiro atoms. The van der Waals surface area contributed by atoms with E-state index in [0.717, 1.165) is 18.7 Å². The standard InChI is InChI=1S/C29H39N3O2S/c1-5-9-22-30(23-10-6-2)25-20-18-24(19-21-25)16-14-12-11-13-15-17-26-27(33)31(7-3)29(35)32(8-4)28(26)34/h11-21H,5-10,22-23H2,1-4H3/b12-11+,15-13+,16-14+. The molecule has 5 nitrogen and oxygen atoms in total. The van der Waals surface area contributed by atoms with Crippen LogP contribution in [-0.2, 0) is 9.59 Å². The minimum Gasteiger partial charge on any atom is -0.372 e. The Morgan fingerprint density at radius 1 is 0.771 bits per heavy atom. The molecule has 35 heavy (non-hydrogen) atoms. The van der Waals surface area contributed by atoms with Gasteiger partial charge in [0.15, 0.2) is 5.11 Å². The molecular weight excluding hydrogens is 454 g/mol. The van der Waals surface area contributed by atoms with Crippen molar-refractivity contribution < 1.29 is 9.59 Å². The van der Waals surface area contributed by atoms with Gasteiger partial charge < -0.3 is 4.90 Å². The maximum absolute atomic E-state index is 12.6. The zero-order chi connectivity index (χ0) is 25.6. The quantitative estimate of drug-likeness (QED) is 0.143. The van der Waals surface area contributed by atoms with E-state index < -0.39 is 0 Å². The number of anilines is 1. The SMILES string of the molecule is CCCCN(CCCC)c1ccc(/C=C/C=C/C=C/C=C2C(=O)N(CC)C(=S)N(CC)C2=O)cc1. The number of nitrogens with zero attached hydrogens (tertiary/aromatic N) is 3. The van der Waals surface area contributed by atoms with Crippen LogP contribution >= 0.6 is 12.2 Å². The molecule has 0 atom stereocenters. The Kier molecular flexibility index (Phi) is 12.2. The Hall–Kier alpha value is -2.99. The van der Waals surface area contributed by atoms with Gasteiger partial charge in [-0.2, -0.15) is 0 Å². The number of amides is 2. The summed E-state index contributed by atoms with van der Waals surface area (Å²) < 4.78 is 0.